The van der Waals surface area contributed by atoms with Crippen LogP contribution in [0.1, 0.15) is 58.1 Å². The van der Waals surface area contributed by atoms with Gasteiger partial charge in [-0.3, -0.25) is 19.3 Å². The van der Waals surface area contributed by atoms with Gasteiger partial charge in [-0.1, -0.05) is 45.0 Å². The molecular formula is C34H36N6O5S. The minimum absolute atomic E-state index is 0.0111. The molecule has 0 bridgehead atoms. The second-order valence-electron chi connectivity index (χ2n) is 12.8. The van der Waals surface area contributed by atoms with E-state index in [2.05, 4.69) is 32.2 Å². The Labute approximate surface area is 270 Å². The molecule has 2 aliphatic rings. The second-order valence-corrected chi connectivity index (χ2v) is 13.9. The molecule has 2 aromatic carbocycles. The van der Waals surface area contributed by atoms with Gasteiger partial charge in [0, 0.05) is 55.2 Å². The van der Waals surface area contributed by atoms with Crippen LogP contribution < -0.4 is 15.8 Å². The fraction of sp³-hybridized carbons (Fsp3) is 0.324. The first-order valence-electron chi connectivity index (χ1n) is 15.0. The van der Waals surface area contributed by atoms with Gasteiger partial charge in [-0.25, -0.2) is 9.78 Å². The van der Waals surface area contributed by atoms with Crippen LogP contribution in [0.5, 0.6) is 0 Å². The maximum absolute atomic E-state index is 13.5. The van der Waals surface area contributed by atoms with Crippen molar-refractivity contribution in [2.45, 2.75) is 45.7 Å². The van der Waals surface area contributed by atoms with Gasteiger partial charge in [-0.05, 0) is 53.3 Å². The molecule has 238 valence electrons. The summed E-state index contributed by atoms with van der Waals surface area (Å²) in [5.74, 6) is -0.202. The number of aromatic nitrogens is 2. The molecule has 2 N–H and O–H groups in total. The number of fused-ring (bicyclic) bond motifs is 1. The van der Waals surface area contributed by atoms with Crippen molar-refractivity contribution in [1.82, 2.24) is 19.4 Å². The van der Waals surface area contributed by atoms with Crippen molar-refractivity contribution in [3.8, 4) is 11.3 Å². The summed E-state index contributed by atoms with van der Waals surface area (Å²) in [7, 11) is 3.31. The number of piperazine rings is 1. The predicted octanol–water partition coefficient (Wildman–Crippen LogP) is 5.51. The molecule has 4 aromatic rings. The lowest BCUT2D eigenvalue weighted by Crippen LogP contribution is -2.52. The third-order valence-corrected chi connectivity index (χ3v) is 10.2. The van der Waals surface area contributed by atoms with Gasteiger partial charge < -0.3 is 24.8 Å². The van der Waals surface area contributed by atoms with E-state index < -0.39 is 12.1 Å². The van der Waals surface area contributed by atoms with Crippen LogP contribution >= 0.6 is 11.3 Å². The highest BCUT2D eigenvalue weighted by atomic mass is 32.1. The Morgan fingerprint density at radius 2 is 1.76 bits per heavy atom. The van der Waals surface area contributed by atoms with Crippen LogP contribution in [0.2, 0.25) is 0 Å². The van der Waals surface area contributed by atoms with Crippen molar-refractivity contribution in [3.05, 3.63) is 91.5 Å². The smallest absolute Gasteiger partial charge is 0.408 e. The Balaban J connectivity index is 1.27. The summed E-state index contributed by atoms with van der Waals surface area (Å²) in [6.07, 6.45) is 0.518. The Hall–Kier alpha value is -4.97. The van der Waals surface area contributed by atoms with Gasteiger partial charge in [0.15, 0.2) is 5.82 Å². The summed E-state index contributed by atoms with van der Waals surface area (Å²) in [4.78, 5) is 62.4. The number of hydrogen-bond acceptors (Lipinski definition) is 7. The number of hydrogen-bond donors (Lipinski definition) is 2. The minimum atomic E-state index is -1.16. The molecule has 1 atom stereocenters. The second kappa shape index (κ2) is 11.4. The molecule has 2 aliphatic heterocycles. The van der Waals surface area contributed by atoms with Gasteiger partial charge in [0.2, 0.25) is 5.91 Å². The lowest BCUT2D eigenvalue weighted by Gasteiger charge is -2.37. The zero-order chi connectivity index (χ0) is 33.1. The molecule has 0 radical (unpaired) electrons. The van der Waals surface area contributed by atoms with E-state index in [4.69, 9.17) is 4.98 Å². The molecule has 4 heterocycles. The third-order valence-electron chi connectivity index (χ3n) is 8.59. The Morgan fingerprint density at radius 3 is 2.41 bits per heavy atom. The molecule has 2 aromatic heterocycles. The van der Waals surface area contributed by atoms with Crippen molar-refractivity contribution in [2.75, 3.05) is 30.4 Å². The number of amides is 3. The van der Waals surface area contributed by atoms with Crippen LogP contribution in [0.25, 0.3) is 11.3 Å². The Morgan fingerprint density at radius 1 is 1.04 bits per heavy atom. The summed E-state index contributed by atoms with van der Waals surface area (Å²) < 4.78 is 1.46. The number of rotatable bonds is 5. The standard InChI is InChI=1S/C34H36N6O5S/c1-19-23(8-7-9-25(19)40-17-21-16-26(34(2,3)4)46-28(21)31(40)42)24-18-38(6)32(43)29(36-24)35-22-12-10-20(11-13-22)27-30(41)37(5)14-15-39(27)33(44)45/h7-13,16,18,27H,14-15,17H2,1-6H3,(H,35,36)(H,44,45). The Bertz CT molecular complexity index is 1940. The molecule has 1 fully saturated rings. The van der Waals surface area contributed by atoms with E-state index in [-0.39, 0.29) is 35.2 Å². The number of carbonyl (C=O) groups excluding carboxylic acids is 2. The quantitative estimate of drug-likeness (QED) is 0.294. The zero-order valence-corrected chi connectivity index (χ0v) is 27.4. The Kier molecular flexibility index (Phi) is 7.71. The van der Waals surface area contributed by atoms with E-state index in [1.165, 1.54) is 14.3 Å². The number of thiophene rings is 1. The van der Waals surface area contributed by atoms with Gasteiger partial charge in [-0.15, -0.1) is 11.3 Å². The zero-order valence-electron chi connectivity index (χ0n) is 26.6. The van der Waals surface area contributed by atoms with Crippen LogP contribution in [0.3, 0.4) is 0 Å². The molecule has 1 saturated heterocycles. The molecule has 11 nitrogen and oxygen atoms in total. The van der Waals surface area contributed by atoms with E-state index >= 15 is 0 Å². The molecular weight excluding hydrogens is 604 g/mol. The van der Waals surface area contributed by atoms with Crippen molar-refractivity contribution in [2.24, 2.45) is 7.05 Å². The highest BCUT2D eigenvalue weighted by Crippen LogP contribution is 2.40. The molecule has 0 aliphatic carbocycles. The predicted molar refractivity (Wildman–Crippen MR) is 178 cm³/mol. The lowest BCUT2D eigenvalue weighted by molar-refractivity contribution is -0.139. The SMILES string of the molecule is Cc1c(-c2cn(C)c(=O)c(Nc3ccc(C4C(=O)N(C)CCN4C(=O)O)cc3)n2)cccc1N1Cc2cc(C(C)(C)C)sc2C1=O. The number of nitrogens with zero attached hydrogens (tertiary/aromatic N) is 5. The topological polar surface area (TPSA) is 128 Å². The largest absolute Gasteiger partial charge is 0.465 e. The molecule has 1 unspecified atom stereocenters. The maximum atomic E-state index is 13.5. The van der Waals surface area contributed by atoms with Crippen LogP contribution in [0, 0.1) is 6.92 Å². The van der Waals surface area contributed by atoms with Gasteiger partial charge in [0.05, 0.1) is 17.1 Å². The lowest BCUT2D eigenvalue weighted by atomic mass is 9.94. The third kappa shape index (κ3) is 5.42. The number of carbonyl (C=O) groups is 3. The van der Waals surface area contributed by atoms with Crippen LogP contribution in [-0.2, 0) is 23.8 Å². The fourth-order valence-electron chi connectivity index (χ4n) is 5.92. The van der Waals surface area contributed by atoms with Gasteiger partial charge >= 0.3 is 6.09 Å². The van der Waals surface area contributed by atoms with Crippen LogP contribution in [0.4, 0.5) is 22.0 Å². The number of likely N-dealkylation sites (N-methyl/N-ethyl adjacent to an activating group) is 1. The van der Waals surface area contributed by atoms with Crippen LogP contribution in [-0.4, -0.2) is 62.5 Å². The van der Waals surface area contributed by atoms with Gasteiger partial charge in [0.1, 0.15) is 6.04 Å². The van der Waals surface area contributed by atoms with Crippen molar-refractivity contribution >= 4 is 46.4 Å². The van der Waals surface area contributed by atoms with E-state index in [0.29, 0.717) is 30.0 Å². The number of carboxylic acid groups (broad SMARTS) is 1. The minimum Gasteiger partial charge on any atom is -0.465 e. The first-order chi connectivity index (χ1) is 21.7. The molecule has 3 amide bonds. The average molecular weight is 641 g/mol. The highest BCUT2D eigenvalue weighted by Gasteiger charge is 2.37. The van der Waals surface area contributed by atoms with Crippen LogP contribution in [0.15, 0.2) is 59.5 Å². The van der Waals surface area contributed by atoms with E-state index in [1.807, 2.05) is 25.1 Å². The number of aryl methyl sites for hydroxylation is 1. The first kappa shape index (κ1) is 31.0. The van der Waals surface area contributed by atoms with E-state index in [1.54, 1.807) is 60.8 Å². The number of benzene rings is 2. The highest BCUT2D eigenvalue weighted by molar-refractivity contribution is 7.14. The fourth-order valence-corrected chi connectivity index (χ4v) is 7.10. The summed E-state index contributed by atoms with van der Waals surface area (Å²) in [6.45, 7) is 9.45. The molecule has 12 heteroatoms. The monoisotopic (exact) mass is 640 g/mol. The van der Waals surface area contributed by atoms with Gasteiger partial charge in [0.25, 0.3) is 11.5 Å². The summed E-state index contributed by atoms with van der Waals surface area (Å²) >= 11 is 1.56. The van der Waals surface area contributed by atoms with E-state index in [9.17, 15) is 24.3 Å². The molecule has 6 rings (SSSR count). The first-order valence-corrected chi connectivity index (χ1v) is 15.8. The van der Waals surface area contributed by atoms with E-state index in [0.717, 1.165) is 32.2 Å². The normalized spacial score (nSPS) is 16.7. The van der Waals surface area contributed by atoms with Crippen molar-refractivity contribution in [1.29, 1.82) is 0 Å². The average Bonchev–Trinajstić information content (AvgIpc) is 3.57. The van der Waals surface area contributed by atoms with Crippen molar-refractivity contribution < 1.29 is 19.5 Å². The number of anilines is 3. The maximum Gasteiger partial charge on any atom is 0.408 e. The summed E-state index contributed by atoms with van der Waals surface area (Å²) in [5.41, 5.74) is 4.78. The molecule has 0 spiro atoms. The molecule has 0 saturated carbocycles. The molecule has 46 heavy (non-hydrogen) atoms. The summed E-state index contributed by atoms with van der Waals surface area (Å²) in [6, 6.07) is 13.7. The summed E-state index contributed by atoms with van der Waals surface area (Å²) in [5, 5.41) is 12.8. The van der Waals surface area contributed by atoms with Gasteiger partial charge in [-0.2, -0.15) is 0 Å². The van der Waals surface area contributed by atoms with Crippen molar-refractivity contribution in [3.63, 3.8) is 0 Å². The number of nitrogens with one attached hydrogen (secondary N) is 1.